The van der Waals surface area contributed by atoms with E-state index in [-0.39, 0.29) is 12.6 Å². The molecule has 0 aliphatic carbocycles. The maximum absolute atomic E-state index is 10.6. The first-order valence-corrected chi connectivity index (χ1v) is 4.54. The van der Waals surface area contributed by atoms with Crippen molar-refractivity contribution in [3.05, 3.63) is 0 Å². The molecule has 0 amide bonds. The van der Waals surface area contributed by atoms with E-state index in [0.29, 0.717) is 19.8 Å². The third-order valence-electron chi connectivity index (χ3n) is 1.50. The molecular weight excluding hydrogens is 186 g/mol. The lowest BCUT2D eigenvalue weighted by molar-refractivity contribution is -0.146. The third kappa shape index (κ3) is 9.44. The topological polar surface area (TPSA) is 48.0 Å². The molecule has 5 heteroatoms. The molecule has 5 nitrogen and oxygen atoms in total. The van der Waals surface area contributed by atoms with Crippen molar-refractivity contribution < 1.29 is 19.0 Å². The number of carbonyl (C=O) groups is 1. The summed E-state index contributed by atoms with van der Waals surface area (Å²) in [5.41, 5.74) is 0. The average molecular weight is 205 g/mol. The number of likely N-dealkylation sites (N-methyl/N-ethyl adjacent to an activating group) is 1. The van der Waals surface area contributed by atoms with Gasteiger partial charge in [0.05, 0.1) is 26.9 Å². The minimum atomic E-state index is -0.363. The smallest absolute Gasteiger partial charge is 0.331 e. The standard InChI is InChI=1S/C9H19NO4/c1-10(2)4-5-13-6-7-14-8-9(11)12-3/h4-8H2,1-3H3. The second-order valence-electron chi connectivity index (χ2n) is 3.04. The van der Waals surface area contributed by atoms with Gasteiger partial charge in [-0.05, 0) is 14.1 Å². The van der Waals surface area contributed by atoms with Crippen LogP contribution in [0.3, 0.4) is 0 Å². The Morgan fingerprint density at radius 1 is 1.14 bits per heavy atom. The van der Waals surface area contributed by atoms with Crippen LogP contribution in [-0.4, -0.2) is 65.0 Å². The SMILES string of the molecule is COC(=O)COCCOCCN(C)C. The Balaban J connectivity index is 3.03. The summed E-state index contributed by atoms with van der Waals surface area (Å²) in [6.07, 6.45) is 0. The van der Waals surface area contributed by atoms with Gasteiger partial charge >= 0.3 is 5.97 Å². The van der Waals surface area contributed by atoms with Crippen molar-refractivity contribution in [1.29, 1.82) is 0 Å². The zero-order chi connectivity index (χ0) is 10.8. The van der Waals surface area contributed by atoms with Crippen molar-refractivity contribution in [2.45, 2.75) is 0 Å². The third-order valence-corrected chi connectivity index (χ3v) is 1.50. The molecule has 0 rings (SSSR count). The molecule has 0 heterocycles. The van der Waals surface area contributed by atoms with E-state index >= 15 is 0 Å². The van der Waals surface area contributed by atoms with E-state index in [0.717, 1.165) is 6.54 Å². The number of carbonyl (C=O) groups excluding carboxylic acids is 1. The van der Waals surface area contributed by atoms with Gasteiger partial charge in [0.15, 0.2) is 0 Å². The first kappa shape index (κ1) is 13.4. The normalized spacial score (nSPS) is 10.6. The monoisotopic (exact) mass is 205 g/mol. The number of rotatable bonds is 8. The number of nitrogens with zero attached hydrogens (tertiary/aromatic N) is 1. The Kier molecular flexibility index (Phi) is 8.51. The van der Waals surface area contributed by atoms with Crippen LogP contribution in [0.4, 0.5) is 0 Å². The van der Waals surface area contributed by atoms with Gasteiger partial charge in [0.2, 0.25) is 0 Å². The Morgan fingerprint density at radius 2 is 1.79 bits per heavy atom. The Labute approximate surface area is 84.9 Å². The summed E-state index contributed by atoms with van der Waals surface area (Å²) in [7, 11) is 5.30. The van der Waals surface area contributed by atoms with Crippen LogP contribution in [0.15, 0.2) is 0 Å². The molecule has 0 fully saturated rings. The number of methoxy groups -OCH3 is 1. The predicted octanol–water partition coefficient (Wildman–Crippen LogP) is -0.246. The second kappa shape index (κ2) is 8.93. The molecule has 0 saturated carbocycles. The van der Waals surface area contributed by atoms with Crippen LogP contribution in [-0.2, 0) is 19.0 Å². The van der Waals surface area contributed by atoms with Crippen LogP contribution in [0.2, 0.25) is 0 Å². The minimum Gasteiger partial charge on any atom is -0.467 e. The van der Waals surface area contributed by atoms with Crippen molar-refractivity contribution in [2.24, 2.45) is 0 Å². The van der Waals surface area contributed by atoms with Gasteiger partial charge in [0.1, 0.15) is 6.61 Å². The zero-order valence-corrected chi connectivity index (χ0v) is 9.12. The highest BCUT2D eigenvalue weighted by Crippen LogP contribution is 1.82. The maximum atomic E-state index is 10.6. The summed E-state index contributed by atoms with van der Waals surface area (Å²) in [5, 5.41) is 0. The molecule has 0 spiro atoms. The molecule has 0 aromatic carbocycles. The fourth-order valence-electron chi connectivity index (χ4n) is 0.681. The van der Waals surface area contributed by atoms with Gasteiger partial charge in [-0.3, -0.25) is 0 Å². The number of esters is 1. The highest BCUT2D eigenvalue weighted by atomic mass is 16.6. The molecular formula is C9H19NO4. The lowest BCUT2D eigenvalue weighted by atomic mass is 10.6. The lowest BCUT2D eigenvalue weighted by Gasteiger charge is -2.09. The largest absolute Gasteiger partial charge is 0.467 e. The van der Waals surface area contributed by atoms with E-state index in [2.05, 4.69) is 4.74 Å². The molecule has 0 aromatic rings. The van der Waals surface area contributed by atoms with Gasteiger partial charge in [-0.1, -0.05) is 0 Å². The van der Waals surface area contributed by atoms with Gasteiger partial charge in [0.25, 0.3) is 0 Å². The first-order chi connectivity index (χ1) is 6.66. The van der Waals surface area contributed by atoms with E-state index < -0.39 is 0 Å². The molecule has 0 N–H and O–H groups in total. The minimum absolute atomic E-state index is 0.00641. The Bertz CT molecular complexity index is 150. The molecule has 14 heavy (non-hydrogen) atoms. The van der Waals surface area contributed by atoms with E-state index in [4.69, 9.17) is 9.47 Å². The Hall–Kier alpha value is -0.650. The molecule has 0 aliphatic heterocycles. The van der Waals surface area contributed by atoms with Crippen molar-refractivity contribution >= 4 is 5.97 Å². The molecule has 0 saturated heterocycles. The van der Waals surface area contributed by atoms with Gasteiger partial charge in [-0.2, -0.15) is 0 Å². The summed E-state index contributed by atoms with van der Waals surface area (Å²) >= 11 is 0. The fraction of sp³-hybridized carbons (Fsp3) is 0.889. The van der Waals surface area contributed by atoms with Crippen LogP contribution in [0, 0.1) is 0 Å². The quantitative estimate of drug-likeness (QED) is 0.404. The van der Waals surface area contributed by atoms with Gasteiger partial charge in [-0.15, -0.1) is 0 Å². The van der Waals surface area contributed by atoms with E-state index in [1.54, 1.807) is 0 Å². The van der Waals surface area contributed by atoms with E-state index in [1.807, 2.05) is 19.0 Å². The van der Waals surface area contributed by atoms with E-state index in [1.165, 1.54) is 7.11 Å². The molecule has 0 bridgehead atoms. The number of hydrogen-bond donors (Lipinski definition) is 0. The molecule has 0 aliphatic rings. The molecule has 0 aromatic heterocycles. The number of hydrogen-bond acceptors (Lipinski definition) is 5. The van der Waals surface area contributed by atoms with E-state index in [9.17, 15) is 4.79 Å². The zero-order valence-electron chi connectivity index (χ0n) is 9.12. The summed E-state index contributed by atoms with van der Waals surface area (Å²) in [6, 6.07) is 0. The van der Waals surface area contributed by atoms with Crippen molar-refractivity contribution in [3.8, 4) is 0 Å². The van der Waals surface area contributed by atoms with Gasteiger partial charge in [0, 0.05) is 6.54 Å². The van der Waals surface area contributed by atoms with Crippen molar-refractivity contribution in [3.63, 3.8) is 0 Å². The summed E-state index contributed by atoms with van der Waals surface area (Å²) in [4.78, 5) is 12.6. The highest BCUT2D eigenvalue weighted by molar-refractivity contribution is 5.70. The second-order valence-corrected chi connectivity index (χ2v) is 3.04. The van der Waals surface area contributed by atoms with Gasteiger partial charge < -0.3 is 19.1 Å². The maximum Gasteiger partial charge on any atom is 0.331 e. The Morgan fingerprint density at radius 3 is 2.36 bits per heavy atom. The van der Waals surface area contributed by atoms with Crippen molar-refractivity contribution in [2.75, 3.05) is 54.2 Å². The summed E-state index contributed by atoms with van der Waals surface area (Å²) < 4.78 is 14.6. The summed E-state index contributed by atoms with van der Waals surface area (Å²) in [6.45, 7) is 2.48. The average Bonchev–Trinajstić information content (AvgIpc) is 2.15. The van der Waals surface area contributed by atoms with Crippen LogP contribution in [0.25, 0.3) is 0 Å². The lowest BCUT2D eigenvalue weighted by Crippen LogP contribution is -2.19. The molecule has 0 atom stereocenters. The first-order valence-electron chi connectivity index (χ1n) is 4.54. The highest BCUT2D eigenvalue weighted by Gasteiger charge is 1.98. The summed E-state index contributed by atoms with van der Waals surface area (Å²) in [5.74, 6) is -0.363. The van der Waals surface area contributed by atoms with Crippen LogP contribution >= 0.6 is 0 Å². The van der Waals surface area contributed by atoms with Gasteiger partial charge in [-0.25, -0.2) is 4.79 Å². The van der Waals surface area contributed by atoms with Crippen LogP contribution in [0.1, 0.15) is 0 Å². The fourth-order valence-corrected chi connectivity index (χ4v) is 0.681. The molecule has 0 radical (unpaired) electrons. The van der Waals surface area contributed by atoms with Crippen LogP contribution in [0.5, 0.6) is 0 Å². The molecule has 0 unspecified atom stereocenters. The molecule has 84 valence electrons. The number of ether oxygens (including phenoxy) is 3. The van der Waals surface area contributed by atoms with Crippen molar-refractivity contribution in [1.82, 2.24) is 4.90 Å². The van der Waals surface area contributed by atoms with Crippen LogP contribution < -0.4 is 0 Å². The predicted molar refractivity (Wildman–Crippen MR) is 52.2 cm³/mol.